The number of aryl methyl sites for hydroxylation is 1. The number of anilines is 1. The first-order valence-electron chi connectivity index (χ1n) is 9.62. The Bertz CT molecular complexity index is 844. The molecule has 1 heterocycles. The zero-order valence-electron chi connectivity index (χ0n) is 16.3. The summed E-state index contributed by atoms with van der Waals surface area (Å²) in [4.78, 5) is 25.3. The molecule has 0 radical (unpaired) electrons. The minimum absolute atomic E-state index is 0.0672. The summed E-state index contributed by atoms with van der Waals surface area (Å²) < 4.78 is 11.0. The van der Waals surface area contributed by atoms with Crippen LogP contribution in [-0.2, 0) is 4.74 Å². The van der Waals surface area contributed by atoms with Crippen molar-refractivity contribution in [3.63, 3.8) is 0 Å². The van der Waals surface area contributed by atoms with Gasteiger partial charge in [-0.15, -0.1) is 0 Å². The van der Waals surface area contributed by atoms with Gasteiger partial charge in [-0.3, -0.25) is 9.59 Å². The Labute approximate surface area is 165 Å². The number of hydrogen-bond donors (Lipinski definition) is 2. The topological polar surface area (TPSA) is 76.7 Å². The molecule has 0 spiro atoms. The van der Waals surface area contributed by atoms with Crippen LogP contribution >= 0.6 is 0 Å². The third-order valence-corrected chi connectivity index (χ3v) is 4.67. The molecule has 1 aliphatic rings. The first-order chi connectivity index (χ1) is 13.6. The molecule has 28 heavy (non-hydrogen) atoms. The van der Waals surface area contributed by atoms with Gasteiger partial charge in [0.2, 0.25) is 0 Å². The van der Waals surface area contributed by atoms with E-state index in [1.807, 2.05) is 13.8 Å². The summed E-state index contributed by atoms with van der Waals surface area (Å²) in [6.45, 7) is 5.60. The van der Waals surface area contributed by atoms with E-state index < -0.39 is 0 Å². The van der Waals surface area contributed by atoms with Gasteiger partial charge in [0.25, 0.3) is 11.8 Å². The van der Waals surface area contributed by atoms with Gasteiger partial charge in [-0.05, 0) is 62.6 Å². The fraction of sp³-hybridized carbons (Fsp3) is 0.364. The Morgan fingerprint density at radius 1 is 1.18 bits per heavy atom. The van der Waals surface area contributed by atoms with Crippen molar-refractivity contribution < 1.29 is 19.1 Å². The van der Waals surface area contributed by atoms with Crippen LogP contribution in [0.2, 0.25) is 0 Å². The van der Waals surface area contributed by atoms with Crippen molar-refractivity contribution in [3.8, 4) is 5.75 Å². The van der Waals surface area contributed by atoms with E-state index in [0.29, 0.717) is 30.0 Å². The van der Waals surface area contributed by atoms with Crippen molar-refractivity contribution in [3.05, 3.63) is 59.2 Å². The van der Waals surface area contributed by atoms with Gasteiger partial charge in [0.1, 0.15) is 5.75 Å². The third-order valence-electron chi connectivity index (χ3n) is 4.67. The highest BCUT2D eigenvalue weighted by molar-refractivity contribution is 6.09. The van der Waals surface area contributed by atoms with E-state index in [1.165, 1.54) is 0 Å². The van der Waals surface area contributed by atoms with Crippen LogP contribution in [0.3, 0.4) is 0 Å². The minimum Gasteiger partial charge on any atom is -0.494 e. The molecule has 2 aromatic rings. The number of carbonyl (C=O) groups excluding carboxylic acids is 2. The number of ether oxygens (including phenoxy) is 2. The molecule has 0 unspecified atom stereocenters. The van der Waals surface area contributed by atoms with Crippen molar-refractivity contribution in [1.29, 1.82) is 0 Å². The molecule has 0 aromatic heterocycles. The SMILES string of the molecule is CCOc1ccc(C(=O)Nc2ccccc2C(=O)NC[C@@H]2CCCO2)cc1C. The zero-order valence-corrected chi connectivity index (χ0v) is 16.3. The first kappa shape index (κ1) is 19.9. The van der Waals surface area contributed by atoms with Gasteiger partial charge in [0, 0.05) is 18.7 Å². The Kier molecular flexibility index (Phi) is 6.66. The van der Waals surface area contributed by atoms with Gasteiger partial charge >= 0.3 is 0 Å². The largest absolute Gasteiger partial charge is 0.494 e. The van der Waals surface area contributed by atoms with E-state index in [-0.39, 0.29) is 17.9 Å². The number of para-hydroxylation sites is 1. The Hall–Kier alpha value is -2.86. The van der Waals surface area contributed by atoms with E-state index >= 15 is 0 Å². The van der Waals surface area contributed by atoms with Crippen molar-refractivity contribution in [2.75, 3.05) is 25.1 Å². The molecule has 148 valence electrons. The highest BCUT2D eigenvalue weighted by Gasteiger charge is 2.19. The molecule has 1 aliphatic heterocycles. The second kappa shape index (κ2) is 9.37. The second-order valence-electron chi connectivity index (χ2n) is 6.76. The fourth-order valence-electron chi connectivity index (χ4n) is 3.20. The van der Waals surface area contributed by atoms with Gasteiger partial charge < -0.3 is 20.1 Å². The van der Waals surface area contributed by atoms with Crippen molar-refractivity contribution in [1.82, 2.24) is 5.32 Å². The lowest BCUT2D eigenvalue weighted by atomic mass is 10.1. The summed E-state index contributed by atoms with van der Waals surface area (Å²) in [5.41, 5.74) is 2.30. The molecule has 6 nitrogen and oxygen atoms in total. The van der Waals surface area contributed by atoms with Gasteiger partial charge in [-0.1, -0.05) is 12.1 Å². The highest BCUT2D eigenvalue weighted by atomic mass is 16.5. The molecule has 0 bridgehead atoms. The summed E-state index contributed by atoms with van der Waals surface area (Å²) in [5, 5.41) is 5.74. The molecule has 0 aliphatic carbocycles. The Morgan fingerprint density at radius 2 is 2.00 bits per heavy atom. The monoisotopic (exact) mass is 382 g/mol. The number of hydrogen-bond acceptors (Lipinski definition) is 4. The van der Waals surface area contributed by atoms with Crippen LogP contribution in [0.5, 0.6) is 5.75 Å². The van der Waals surface area contributed by atoms with Crippen molar-refractivity contribution in [2.45, 2.75) is 32.8 Å². The normalized spacial score (nSPS) is 15.9. The maximum atomic E-state index is 12.7. The van der Waals surface area contributed by atoms with E-state index in [4.69, 9.17) is 9.47 Å². The van der Waals surface area contributed by atoms with Gasteiger partial charge in [0.15, 0.2) is 0 Å². The molecular weight excluding hydrogens is 356 g/mol. The quantitative estimate of drug-likeness (QED) is 0.768. The van der Waals surface area contributed by atoms with Crippen LogP contribution in [-0.4, -0.2) is 37.7 Å². The summed E-state index contributed by atoms with van der Waals surface area (Å²) in [5.74, 6) is 0.257. The standard InChI is InChI=1S/C22H26N2O4/c1-3-27-20-11-10-16(13-15(20)2)21(25)24-19-9-5-4-8-18(19)22(26)23-14-17-7-6-12-28-17/h4-5,8-11,13,17H,3,6-7,12,14H2,1-2H3,(H,23,26)(H,24,25)/t17-/m0/s1. The highest BCUT2D eigenvalue weighted by Crippen LogP contribution is 2.21. The van der Waals surface area contributed by atoms with Crippen LogP contribution in [0, 0.1) is 6.92 Å². The van der Waals surface area contributed by atoms with Gasteiger partial charge in [-0.25, -0.2) is 0 Å². The summed E-state index contributed by atoms with van der Waals surface area (Å²) in [6, 6.07) is 12.3. The van der Waals surface area contributed by atoms with E-state index in [0.717, 1.165) is 30.8 Å². The molecule has 1 fully saturated rings. The number of benzene rings is 2. The smallest absolute Gasteiger partial charge is 0.255 e. The van der Waals surface area contributed by atoms with Crippen LogP contribution in [0.4, 0.5) is 5.69 Å². The lowest BCUT2D eigenvalue weighted by Crippen LogP contribution is -2.32. The predicted octanol–water partition coefficient (Wildman–Crippen LogP) is 3.55. The summed E-state index contributed by atoms with van der Waals surface area (Å²) in [7, 11) is 0. The Morgan fingerprint density at radius 3 is 2.71 bits per heavy atom. The van der Waals surface area contributed by atoms with E-state index in [9.17, 15) is 9.59 Å². The number of nitrogens with one attached hydrogen (secondary N) is 2. The molecular formula is C22H26N2O4. The van der Waals surface area contributed by atoms with Gasteiger partial charge in [0.05, 0.1) is 24.0 Å². The number of rotatable bonds is 7. The molecule has 2 N–H and O–H groups in total. The number of amides is 2. The molecule has 6 heteroatoms. The molecule has 0 saturated carbocycles. The Balaban J connectivity index is 1.69. The maximum absolute atomic E-state index is 12.7. The lowest BCUT2D eigenvalue weighted by molar-refractivity contribution is 0.0858. The molecule has 1 atom stereocenters. The molecule has 2 amide bonds. The fourth-order valence-corrected chi connectivity index (χ4v) is 3.20. The molecule has 3 rings (SSSR count). The zero-order chi connectivity index (χ0) is 19.9. The van der Waals surface area contributed by atoms with Crippen LogP contribution in [0.15, 0.2) is 42.5 Å². The number of carbonyl (C=O) groups is 2. The van der Waals surface area contributed by atoms with Crippen molar-refractivity contribution in [2.24, 2.45) is 0 Å². The third kappa shape index (κ3) is 4.89. The van der Waals surface area contributed by atoms with Crippen LogP contribution in [0.25, 0.3) is 0 Å². The minimum atomic E-state index is -0.273. The average molecular weight is 382 g/mol. The van der Waals surface area contributed by atoms with Crippen molar-refractivity contribution >= 4 is 17.5 Å². The summed E-state index contributed by atoms with van der Waals surface area (Å²) in [6.07, 6.45) is 2.04. The lowest BCUT2D eigenvalue weighted by Gasteiger charge is -2.14. The van der Waals surface area contributed by atoms with Crippen LogP contribution in [0.1, 0.15) is 46.0 Å². The molecule has 2 aromatic carbocycles. The predicted molar refractivity (Wildman–Crippen MR) is 108 cm³/mol. The first-order valence-corrected chi connectivity index (χ1v) is 9.62. The van der Waals surface area contributed by atoms with E-state index in [1.54, 1.807) is 42.5 Å². The van der Waals surface area contributed by atoms with Crippen LogP contribution < -0.4 is 15.4 Å². The van der Waals surface area contributed by atoms with E-state index in [2.05, 4.69) is 10.6 Å². The second-order valence-corrected chi connectivity index (χ2v) is 6.76. The summed E-state index contributed by atoms with van der Waals surface area (Å²) >= 11 is 0. The molecule has 1 saturated heterocycles. The maximum Gasteiger partial charge on any atom is 0.255 e. The average Bonchev–Trinajstić information content (AvgIpc) is 3.22. The van der Waals surface area contributed by atoms with Gasteiger partial charge in [-0.2, -0.15) is 0 Å².